The van der Waals surface area contributed by atoms with Crippen LogP contribution in [0.1, 0.15) is 22.5 Å². The molecule has 0 unspecified atom stereocenters. The van der Waals surface area contributed by atoms with Gasteiger partial charge in [-0.1, -0.05) is 0 Å². The lowest BCUT2D eigenvalue weighted by molar-refractivity contribution is -0.140. The summed E-state index contributed by atoms with van der Waals surface area (Å²) in [7, 11) is 1.52. The molecular weight excluding hydrogens is 453 g/mol. The third-order valence-corrected chi connectivity index (χ3v) is 4.83. The minimum absolute atomic E-state index is 0.00150. The normalized spacial score (nSPS) is 11.4. The van der Waals surface area contributed by atoms with Crippen molar-refractivity contribution >= 4 is 5.91 Å². The number of hydrogen-bond acceptors (Lipinski definition) is 6. The van der Waals surface area contributed by atoms with Crippen LogP contribution in [0.3, 0.4) is 0 Å². The van der Waals surface area contributed by atoms with Gasteiger partial charge in [0.05, 0.1) is 12.2 Å². The van der Waals surface area contributed by atoms with E-state index >= 15 is 0 Å². The standard InChI is InChI=1S/C23H25F3N4O4/c1-30-14-20(23(24,25)26)29-22(30)15-3-5-16(6-4-15)33-11-2-9-28-10-12-34-17-7-8-19(31)18(13-17)21(27)32/h3-8,13-14,28,31H,2,9-12H2,1H3,(H2,27,32). The highest BCUT2D eigenvalue weighted by atomic mass is 19.4. The molecule has 4 N–H and O–H groups in total. The van der Waals surface area contributed by atoms with E-state index < -0.39 is 17.8 Å². The Morgan fingerprint density at radius 1 is 1.09 bits per heavy atom. The molecule has 0 aliphatic rings. The number of primary amides is 1. The summed E-state index contributed by atoms with van der Waals surface area (Å²) in [5, 5.41) is 12.8. The third kappa shape index (κ3) is 6.64. The first-order valence-corrected chi connectivity index (χ1v) is 10.5. The van der Waals surface area contributed by atoms with Gasteiger partial charge >= 0.3 is 6.18 Å². The molecule has 8 nitrogen and oxygen atoms in total. The zero-order chi connectivity index (χ0) is 24.7. The summed E-state index contributed by atoms with van der Waals surface area (Å²) in [6, 6.07) is 11.0. The molecule has 0 radical (unpaired) electrons. The van der Waals surface area contributed by atoms with Gasteiger partial charge in [-0.2, -0.15) is 13.2 Å². The third-order valence-electron chi connectivity index (χ3n) is 4.83. The summed E-state index contributed by atoms with van der Waals surface area (Å²) in [6.45, 7) is 2.05. The lowest BCUT2D eigenvalue weighted by Gasteiger charge is -2.10. The molecule has 0 bridgehead atoms. The van der Waals surface area contributed by atoms with Crippen LogP contribution >= 0.6 is 0 Å². The number of halogens is 3. The monoisotopic (exact) mass is 478 g/mol. The van der Waals surface area contributed by atoms with E-state index in [0.29, 0.717) is 43.4 Å². The van der Waals surface area contributed by atoms with Gasteiger partial charge in [0.25, 0.3) is 5.91 Å². The maximum atomic E-state index is 12.8. The van der Waals surface area contributed by atoms with Crippen LogP contribution in [0.4, 0.5) is 13.2 Å². The van der Waals surface area contributed by atoms with Crippen LogP contribution < -0.4 is 20.5 Å². The lowest BCUT2D eigenvalue weighted by Crippen LogP contribution is -2.23. The molecule has 3 rings (SSSR count). The Hall–Kier alpha value is -3.73. The molecule has 0 saturated heterocycles. The van der Waals surface area contributed by atoms with Gasteiger partial charge in [-0.25, -0.2) is 4.98 Å². The molecule has 0 spiro atoms. The van der Waals surface area contributed by atoms with Gasteiger partial charge in [0, 0.05) is 25.4 Å². The van der Waals surface area contributed by atoms with Gasteiger partial charge in [0.1, 0.15) is 29.7 Å². The van der Waals surface area contributed by atoms with Crippen LogP contribution in [0.5, 0.6) is 17.2 Å². The fraction of sp³-hybridized carbons (Fsp3) is 0.304. The second-order valence-electron chi connectivity index (χ2n) is 7.43. The maximum absolute atomic E-state index is 12.8. The number of amides is 1. The maximum Gasteiger partial charge on any atom is 0.434 e. The predicted molar refractivity (Wildman–Crippen MR) is 119 cm³/mol. The van der Waals surface area contributed by atoms with Crippen molar-refractivity contribution in [2.24, 2.45) is 12.8 Å². The Balaban J connectivity index is 1.35. The lowest BCUT2D eigenvalue weighted by atomic mass is 10.2. The second-order valence-corrected chi connectivity index (χ2v) is 7.43. The Labute approximate surface area is 194 Å². The number of ether oxygens (including phenoxy) is 2. The summed E-state index contributed by atoms with van der Waals surface area (Å²) >= 11 is 0. The second kappa shape index (κ2) is 10.9. The molecule has 0 fully saturated rings. The van der Waals surface area contributed by atoms with E-state index in [1.807, 2.05) is 0 Å². The smallest absolute Gasteiger partial charge is 0.434 e. The van der Waals surface area contributed by atoms with Crippen LogP contribution in [-0.4, -0.2) is 46.9 Å². The van der Waals surface area contributed by atoms with Gasteiger partial charge in [0.15, 0.2) is 5.69 Å². The summed E-state index contributed by atoms with van der Waals surface area (Å²) in [5.74, 6) is 0.335. The topological polar surface area (TPSA) is 112 Å². The molecule has 182 valence electrons. The number of alkyl halides is 3. The van der Waals surface area contributed by atoms with Crippen molar-refractivity contribution < 1.29 is 32.5 Å². The molecule has 0 aliphatic heterocycles. The molecule has 2 aromatic carbocycles. The minimum atomic E-state index is -4.49. The molecule has 1 heterocycles. The van der Waals surface area contributed by atoms with E-state index in [1.54, 1.807) is 30.3 Å². The first-order valence-electron chi connectivity index (χ1n) is 10.5. The van der Waals surface area contributed by atoms with E-state index in [-0.39, 0.29) is 17.1 Å². The number of nitrogens with two attached hydrogens (primary N) is 1. The number of imidazole rings is 1. The number of phenols is 1. The number of nitrogens with zero attached hydrogens (tertiary/aromatic N) is 2. The molecule has 3 aromatic rings. The number of aromatic nitrogens is 2. The van der Waals surface area contributed by atoms with Crippen LogP contribution in [0, 0.1) is 0 Å². The number of aryl methyl sites for hydroxylation is 1. The average molecular weight is 478 g/mol. The van der Waals surface area contributed by atoms with Gasteiger partial charge in [-0.15, -0.1) is 0 Å². The van der Waals surface area contributed by atoms with E-state index in [1.165, 1.54) is 23.7 Å². The van der Waals surface area contributed by atoms with Crippen LogP contribution in [0.2, 0.25) is 0 Å². The van der Waals surface area contributed by atoms with E-state index in [0.717, 1.165) is 12.6 Å². The first-order chi connectivity index (χ1) is 16.1. The predicted octanol–water partition coefficient (Wildman–Crippen LogP) is 3.35. The van der Waals surface area contributed by atoms with Gasteiger partial charge in [0.2, 0.25) is 0 Å². The van der Waals surface area contributed by atoms with Crippen molar-refractivity contribution in [3.05, 3.63) is 59.9 Å². The van der Waals surface area contributed by atoms with Crippen molar-refractivity contribution in [1.82, 2.24) is 14.9 Å². The quantitative estimate of drug-likeness (QED) is 0.365. The molecule has 1 amide bonds. The number of nitrogens with one attached hydrogen (secondary N) is 1. The van der Waals surface area contributed by atoms with Crippen molar-refractivity contribution in [2.75, 3.05) is 26.3 Å². The van der Waals surface area contributed by atoms with Crippen LogP contribution in [0.25, 0.3) is 11.4 Å². The number of carbonyl (C=O) groups excluding carboxylic acids is 1. The van der Waals surface area contributed by atoms with Crippen molar-refractivity contribution in [2.45, 2.75) is 12.6 Å². The Morgan fingerprint density at radius 3 is 2.41 bits per heavy atom. The molecule has 11 heteroatoms. The molecule has 1 aromatic heterocycles. The zero-order valence-electron chi connectivity index (χ0n) is 18.4. The largest absolute Gasteiger partial charge is 0.507 e. The summed E-state index contributed by atoms with van der Waals surface area (Å²) in [4.78, 5) is 14.9. The van der Waals surface area contributed by atoms with Gasteiger partial charge in [-0.3, -0.25) is 4.79 Å². The van der Waals surface area contributed by atoms with Crippen LogP contribution in [0.15, 0.2) is 48.7 Å². The molecule has 0 saturated carbocycles. The van der Waals surface area contributed by atoms with Crippen LogP contribution in [-0.2, 0) is 13.2 Å². The molecule has 34 heavy (non-hydrogen) atoms. The number of carbonyl (C=O) groups is 1. The highest BCUT2D eigenvalue weighted by Crippen LogP contribution is 2.31. The molecule has 0 aliphatic carbocycles. The SMILES string of the molecule is Cn1cc(C(F)(F)F)nc1-c1ccc(OCCCNCCOc2ccc(O)c(C(N)=O)c2)cc1. The number of rotatable bonds is 11. The van der Waals surface area contributed by atoms with Crippen molar-refractivity contribution in [1.29, 1.82) is 0 Å². The zero-order valence-corrected chi connectivity index (χ0v) is 18.4. The fourth-order valence-electron chi connectivity index (χ4n) is 3.13. The van der Waals surface area contributed by atoms with E-state index in [9.17, 15) is 23.1 Å². The minimum Gasteiger partial charge on any atom is -0.507 e. The number of benzene rings is 2. The Bertz CT molecular complexity index is 1110. The summed E-state index contributed by atoms with van der Waals surface area (Å²) < 4.78 is 51.0. The Kier molecular flexibility index (Phi) is 8.00. The number of hydrogen-bond donors (Lipinski definition) is 3. The highest BCUT2D eigenvalue weighted by molar-refractivity contribution is 5.95. The average Bonchev–Trinajstić information content (AvgIpc) is 3.19. The van der Waals surface area contributed by atoms with E-state index in [2.05, 4.69) is 10.3 Å². The van der Waals surface area contributed by atoms with Crippen molar-refractivity contribution in [3.63, 3.8) is 0 Å². The Morgan fingerprint density at radius 2 is 1.76 bits per heavy atom. The summed E-state index contributed by atoms with van der Waals surface area (Å²) in [6.07, 6.45) is -2.80. The van der Waals surface area contributed by atoms with Gasteiger partial charge in [-0.05, 0) is 55.4 Å². The summed E-state index contributed by atoms with van der Waals surface area (Å²) in [5.41, 5.74) is 4.82. The highest BCUT2D eigenvalue weighted by Gasteiger charge is 2.34. The molecular formula is C23H25F3N4O4. The number of aromatic hydroxyl groups is 1. The van der Waals surface area contributed by atoms with Crippen molar-refractivity contribution in [3.8, 4) is 28.6 Å². The fourth-order valence-corrected chi connectivity index (χ4v) is 3.13. The van der Waals surface area contributed by atoms with Gasteiger partial charge < -0.3 is 30.2 Å². The molecule has 0 atom stereocenters. The van der Waals surface area contributed by atoms with E-state index in [4.69, 9.17) is 15.2 Å². The first kappa shape index (κ1) is 24.9.